The maximum atomic E-state index is 13.3. The number of aryl methyl sites for hydroxylation is 1. The summed E-state index contributed by atoms with van der Waals surface area (Å²) >= 11 is 0. The number of ether oxygens (including phenoxy) is 1. The van der Waals surface area contributed by atoms with E-state index in [1.807, 2.05) is 20.8 Å². The summed E-state index contributed by atoms with van der Waals surface area (Å²) in [6.45, 7) is 7.19. The molecule has 2 rings (SSSR count). The van der Waals surface area contributed by atoms with Crippen molar-refractivity contribution in [3.63, 3.8) is 0 Å². The lowest BCUT2D eigenvalue weighted by Crippen LogP contribution is -2.33. The molecule has 1 heterocycles. The molecule has 0 aliphatic carbocycles. The normalized spacial score (nSPS) is 13.8. The fourth-order valence-corrected chi connectivity index (χ4v) is 4.18. The van der Waals surface area contributed by atoms with E-state index < -0.39 is 52.7 Å². The van der Waals surface area contributed by atoms with E-state index >= 15 is 0 Å². The van der Waals surface area contributed by atoms with Crippen LogP contribution in [0.25, 0.3) is 0 Å². The van der Waals surface area contributed by atoms with Gasteiger partial charge in [0.15, 0.2) is 5.78 Å². The number of rotatable bonds is 12. The number of hydrogen-bond donors (Lipinski definition) is 1. The number of hydrogen-bond acceptors (Lipinski definition) is 6. The average molecular weight is 552 g/mol. The Morgan fingerprint density at radius 1 is 1.13 bits per heavy atom. The van der Waals surface area contributed by atoms with Crippen molar-refractivity contribution in [2.24, 2.45) is 16.3 Å². The van der Waals surface area contributed by atoms with Crippen molar-refractivity contribution in [3.05, 3.63) is 63.2 Å². The fraction of sp³-hybridized carbons (Fsp3) is 0.517. The van der Waals surface area contributed by atoms with Crippen LogP contribution in [0.4, 0.5) is 18.0 Å². The second-order valence-corrected chi connectivity index (χ2v) is 10.5. The number of methoxy groups -OCH3 is 1. The van der Waals surface area contributed by atoms with E-state index in [0.717, 1.165) is 5.56 Å². The second-order valence-electron chi connectivity index (χ2n) is 10.5. The lowest BCUT2D eigenvalue weighted by molar-refractivity contribution is -0.134. The van der Waals surface area contributed by atoms with Crippen LogP contribution < -0.4 is 5.63 Å². The maximum absolute atomic E-state index is 13.3. The van der Waals surface area contributed by atoms with Crippen LogP contribution in [0.3, 0.4) is 0 Å². The van der Waals surface area contributed by atoms with Crippen LogP contribution in [-0.2, 0) is 17.6 Å². The summed E-state index contributed by atoms with van der Waals surface area (Å²) < 4.78 is 47.3. The lowest BCUT2D eigenvalue weighted by atomic mass is 9.72. The highest BCUT2D eigenvalue weighted by molar-refractivity contribution is 6.00. The number of aromatic hydroxyl groups is 1. The molecule has 0 saturated carbocycles. The van der Waals surface area contributed by atoms with E-state index in [1.165, 1.54) is 19.4 Å². The molecule has 10 heteroatoms. The first kappa shape index (κ1) is 31.8. The minimum absolute atomic E-state index is 0.102. The molecule has 0 bridgehead atoms. The van der Waals surface area contributed by atoms with Crippen molar-refractivity contribution in [3.8, 4) is 5.75 Å². The quantitative estimate of drug-likeness (QED) is 0.172. The highest BCUT2D eigenvalue weighted by Crippen LogP contribution is 2.35. The first-order valence-electron chi connectivity index (χ1n) is 12.8. The summed E-state index contributed by atoms with van der Waals surface area (Å²) in [5, 5.41) is 10.6. The zero-order valence-corrected chi connectivity index (χ0v) is 22.9. The van der Waals surface area contributed by atoms with Gasteiger partial charge in [-0.1, -0.05) is 52.0 Å². The van der Waals surface area contributed by atoms with Crippen molar-refractivity contribution in [2.75, 3.05) is 7.11 Å². The SMILES string of the molecule is COC(=O)N=CCCCC(C)c1cc(O)c(C(=O)C(C)C(C)(C)Cc2ccc(CCC(F)(F)F)cc2)c(=O)o1. The summed E-state index contributed by atoms with van der Waals surface area (Å²) in [7, 11) is 1.23. The highest BCUT2D eigenvalue weighted by atomic mass is 19.4. The number of carbonyl (C=O) groups is 2. The number of unbranched alkanes of at least 4 members (excludes halogenated alkanes) is 1. The maximum Gasteiger partial charge on any atom is 0.432 e. The second kappa shape index (κ2) is 13.6. The van der Waals surface area contributed by atoms with E-state index in [2.05, 4.69) is 9.73 Å². The van der Waals surface area contributed by atoms with Crippen LogP contribution >= 0.6 is 0 Å². The molecule has 1 aromatic carbocycles. The molecule has 2 unspecified atom stereocenters. The van der Waals surface area contributed by atoms with E-state index in [9.17, 15) is 32.7 Å². The number of alkyl halides is 3. The molecule has 0 saturated heterocycles. The number of benzene rings is 1. The van der Waals surface area contributed by atoms with Gasteiger partial charge in [-0.3, -0.25) is 4.79 Å². The molecule has 214 valence electrons. The van der Waals surface area contributed by atoms with Crippen molar-refractivity contribution < 1.29 is 37.0 Å². The first-order valence-corrected chi connectivity index (χ1v) is 12.8. The number of Topliss-reactive ketones (excluding diaryl/α,β-unsaturated/α-hetero) is 1. The van der Waals surface area contributed by atoms with E-state index in [0.29, 0.717) is 31.2 Å². The molecule has 0 fully saturated rings. The Kier molecular flexibility index (Phi) is 11.1. The first-order chi connectivity index (χ1) is 18.1. The Morgan fingerprint density at radius 3 is 2.31 bits per heavy atom. The Bertz CT molecular complexity index is 1220. The summed E-state index contributed by atoms with van der Waals surface area (Å²) in [6, 6.07) is 8.08. The zero-order chi connectivity index (χ0) is 29.4. The van der Waals surface area contributed by atoms with Crippen LogP contribution in [0.1, 0.15) is 86.5 Å². The molecule has 1 aromatic heterocycles. The minimum Gasteiger partial charge on any atom is -0.507 e. The van der Waals surface area contributed by atoms with Crippen molar-refractivity contribution in [1.82, 2.24) is 0 Å². The topological polar surface area (TPSA) is 106 Å². The summed E-state index contributed by atoms with van der Waals surface area (Å²) in [5.41, 5.74) is -0.539. The van der Waals surface area contributed by atoms with Gasteiger partial charge in [0, 0.05) is 30.5 Å². The van der Waals surface area contributed by atoms with Crippen molar-refractivity contribution in [1.29, 1.82) is 0 Å². The minimum atomic E-state index is -4.22. The molecule has 0 aliphatic heterocycles. The van der Waals surface area contributed by atoms with Crippen LogP contribution in [0.5, 0.6) is 5.75 Å². The largest absolute Gasteiger partial charge is 0.507 e. The third-order valence-electron chi connectivity index (χ3n) is 6.97. The average Bonchev–Trinajstić information content (AvgIpc) is 2.86. The van der Waals surface area contributed by atoms with Crippen LogP contribution in [0, 0.1) is 11.3 Å². The van der Waals surface area contributed by atoms with Crippen LogP contribution in [0.15, 0.2) is 44.5 Å². The lowest BCUT2D eigenvalue weighted by Gasteiger charge is -2.31. The van der Waals surface area contributed by atoms with Gasteiger partial charge in [0.05, 0.1) is 7.11 Å². The fourth-order valence-electron chi connectivity index (χ4n) is 4.18. The third-order valence-corrected chi connectivity index (χ3v) is 6.97. The Balaban J connectivity index is 2.07. The molecular formula is C29H36F3NO6. The Morgan fingerprint density at radius 2 is 1.74 bits per heavy atom. The number of ketones is 1. The highest BCUT2D eigenvalue weighted by Gasteiger charge is 2.35. The van der Waals surface area contributed by atoms with Gasteiger partial charge in [0.1, 0.15) is 17.1 Å². The van der Waals surface area contributed by atoms with Gasteiger partial charge in [-0.15, -0.1) is 0 Å². The third kappa shape index (κ3) is 9.67. The number of nitrogens with zero attached hydrogens (tertiary/aromatic N) is 1. The van der Waals surface area contributed by atoms with Gasteiger partial charge in [-0.2, -0.15) is 18.2 Å². The van der Waals surface area contributed by atoms with Crippen molar-refractivity contribution in [2.45, 2.75) is 78.3 Å². The number of carbonyl (C=O) groups excluding carboxylic acids is 2. The smallest absolute Gasteiger partial charge is 0.432 e. The summed E-state index contributed by atoms with van der Waals surface area (Å²) in [5.74, 6) is -1.65. The Hall–Kier alpha value is -3.43. The number of halogens is 3. The van der Waals surface area contributed by atoms with Gasteiger partial charge in [0.2, 0.25) is 0 Å². The summed E-state index contributed by atoms with van der Waals surface area (Å²) in [6.07, 6.45) is -2.28. The number of aliphatic imine (C=N–C) groups is 1. The Labute approximate surface area is 226 Å². The van der Waals surface area contributed by atoms with Gasteiger partial charge in [0.25, 0.3) is 0 Å². The summed E-state index contributed by atoms with van der Waals surface area (Å²) in [4.78, 5) is 40.6. The predicted octanol–water partition coefficient (Wildman–Crippen LogP) is 7.04. The van der Waals surface area contributed by atoms with E-state index in [-0.39, 0.29) is 18.1 Å². The molecule has 2 aromatic rings. The van der Waals surface area contributed by atoms with Gasteiger partial charge in [-0.25, -0.2) is 9.59 Å². The molecule has 0 aliphatic rings. The molecule has 1 N–H and O–H groups in total. The molecular weight excluding hydrogens is 515 g/mol. The molecule has 39 heavy (non-hydrogen) atoms. The zero-order valence-electron chi connectivity index (χ0n) is 22.9. The molecule has 0 spiro atoms. The van der Waals surface area contributed by atoms with E-state index in [4.69, 9.17) is 4.42 Å². The van der Waals surface area contributed by atoms with E-state index in [1.54, 1.807) is 31.2 Å². The molecule has 2 atom stereocenters. The molecule has 1 amide bonds. The van der Waals surface area contributed by atoms with Gasteiger partial charge in [-0.05, 0) is 48.6 Å². The van der Waals surface area contributed by atoms with Crippen molar-refractivity contribution >= 4 is 18.1 Å². The number of amides is 1. The standard InChI is InChI=1S/C29H36F3NO6/c1-18(8-6-7-15-33-27(37)38-5)23-16-22(34)24(26(36)39-23)25(35)19(2)28(3,4)17-21-11-9-20(10-12-21)13-14-29(30,31)32/h9-12,15-16,18-19,34H,6-8,13-14,17H2,1-5H3. The van der Waals surface area contributed by atoms with Gasteiger partial charge >= 0.3 is 17.9 Å². The monoisotopic (exact) mass is 551 g/mol. The van der Waals surface area contributed by atoms with Crippen LogP contribution in [-0.4, -0.2) is 36.5 Å². The molecule has 0 radical (unpaired) electrons. The predicted molar refractivity (Wildman–Crippen MR) is 142 cm³/mol. The molecule has 7 nitrogen and oxygen atoms in total. The van der Waals surface area contributed by atoms with Crippen LogP contribution in [0.2, 0.25) is 0 Å². The van der Waals surface area contributed by atoms with Gasteiger partial charge < -0.3 is 14.3 Å².